The summed E-state index contributed by atoms with van der Waals surface area (Å²) in [4.78, 5) is 16.6. The van der Waals surface area contributed by atoms with Crippen molar-refractivity contribution in [2.75, 3.05) is 0 Å². The molecule has 2 N–H and O–H groups in total. The molecule has 0 fully saturated rings. The number of aromatic nitrogens is 2. The first-order valence-corrected chi connectivity index (χ1v) is 7.22. The van der Waals surface area contributed by atoms with Crippen molar-refractivity contribution in [3.8, 4) is 0 Å². The molecule has 0 aliphatic heterocycles. The fourth-order valence-electron chi connectivity index (χ4n) is 3.03. The van der Waals surface area contributed by atoms with Crippen molar-refractivity contribution < 1.29 is 9.90 Å². The first kappa shape index (κ1) is 13.0. The number of nitrogens with one attached hydrogen (secondary N) is 1. The summed E-state index contributed by atoms with van der Waals surface area (Å²) in [6, 6.07) is 11.0. The molecule has 2 aromatic heterocycles. The van der Waals surface area contributed by atoms with E-state index in [4.69, 9.17) is 0 Å². The lowest BCUT2D eigenvalue weighted by molar-refractivity contribution is 0.0858. The van der Waals surface area contributed by atoms with E-state index in [9.17, 15) is 9.90 Å². The van der Waals surface area contributed by atoms with Gasteiger partial charge in [0.25, 0.3) is 5.91 Å². The highest BCUT2D eigenvalue weighted by atomic mass is 16.3. The predicted octanol–water partition coefficient (Wildman–Crippen LogP) is 1.72. The maximum Gasteiger partial charge on any atom is 0.253 e. The van der Waals surface area contributed by atoms with Crippen LogP contribution in [0.3, 0.4) is 0 Å². The first-order valence-electron chi connectivity index (χ1n) is 7.22. The molecule has 4 rings (SSSR count). The molecule has 1 aliphatic carbocycles. The number of carbonyl (C=O) groups is 1. The van der Waals surface area contributed by atoms with Crippen LogP contribution >= 0.6 is 0 Å². The highest BCUT2D eigenvalue weighted by molar-refractivity contribution is 5.94. The monoisotopic (exact) mass is 293 g/mol. The van der Waals surface area contributed by atoms with Crippen molar-refractivity contribution in [2.24, 2.45) is 0 Å². The van der Waals surface area contributed by atoms with Gasteiger partial charge in [-0.1, -0.05) is 24.3 Å². The Labute approximate surface area is 127 Å². The van der Waals surface area contributed by atoms with E-state index < -0.39 is 6.10 Å². The van der Waals surface area contributed by atoms with Crippen LogP contribution in [0.5, 0.6) is 0 Å². The van der Waals surface area contributed by atoms with Gasteiger partial charge in [0.05, 0.1) is 17.7 Å². The van der Waals surface area contributed by atoms with Crippen LogP contribution in [0.2, 0.25) is 0 Å². The van der Waals surface area contributed by atoms with Crippen molar-refractivity contribution in [2.45, 2.75) is 18.6 Å². The van der Waals surface area contributed by atoms with Gasteiger partial charge in [0, 0.05) is 25.0 Å². The van der Waals surface area contributed by atoms with Gasteiger partial charge < -0.3 is 14.8 Å². The highest BCUT2D eigenvalue weighted by Gasteiger charge is 2.32. The number of benzene rings is 1. The molecule has 1 aliphatic rings. The Bertz CT molecular complexity index is 856. The van der Waals surface area contributed by atoms with Gasteiger partial charge in [0.1, 0.15) is 5.65 Å². The molecule has 0 unspecified atom stereocenters. The second-order valence-electron chi connectivity index (χ2n) is 5.53. The molecule has 5 nitrogen and oxygen atoms in total. The summed E-state index contributed by atoms with van der Waals surface area (Å²) in [7, 11) is 0. The normalized spacial score (nSPS) is 20.0. The lowest BCUT2D eigenvalue weighted by atomic mass is 10.1. The first-order chi connectivity index (χ1) is 10.7. The number of hydrogen-bond acceptors (Lipinski definition) is 3. The molecule has 3 aromatic rings. The average molecular weight is 293 g/mol. The number of aliphatic hydroxyl groups excluding tert-OH is 1. The van der Waals surface area contributed by atoms with Crippen LogP contribution in [0.25, 0.3) is 5.65 Å². The zero-order chi connectivity index (χ0) is 15.1. The van der Waals surface area contributed by atoms with Gasteiger partial charge in [0.15, 0.2) is 0 Å². The third-order valence-electron chi connectivity index (χ3n) is 4.14. The van der Waals surface area contributed by atoms with Crippen LogP contribution in [0.15, 0.2) is 55.0 Å². The number of aliphatic hydroxyl groups is 1. The fourth-order valence-corrected chi connectivity index (χ4v) is 3.03. The molecule has 1 aromatic carbocycles. The molecule has 22 heavy (non-hydrogen) atoms. The molecule has 2 heterocycles. The highest BCUT2D eigenvalue weighted by Crippen LogP contribution is 2.31. The van der Waals surface area contributed by atoms with Crippen LogP contribution in [0.1, 0.15) is 27.5 Å². The maximum absolute atomic E-state index is 12.5. The Hall–Kier alpha value is -2.66. The van der Waals surface area contributed by atoms with E-state index >= 15 is 0 Å². The largest absolute Gasteiger partial charge is 0.390 e. The molecule has 2 atom stereocenters. The van der Waals surface area contributed by atoms with E-state index in [2.05, 4.69) is 10.3 Å². The summed E-state index contributed by atoms with van der Waals surface area (Å²) in [5.74, 6) is -0.198. The molecule has 0 radical (unpaired) electrons. The third-order valence-corrected chi connectivity index (χ3v) is 4.14. The summed E-state index contributed by atoms with van der Waals surface area (Å²) < 4.78 is 1.80. The molecule has 0 bridgehead atoms. The van der Waals surface area contributed by atoms with E-state index in [1.165, 1.54) is 0 Å². The average Bonchev–Trinajstić information content (AvgIpc) is 3.11. The number of pyridine rings is 1. The second-order valence-corrected chi connectivity index (χ2v) is 5.53. The van der Waals surface area contributed by atoms with Crippen LogP contribution < -0.4 is 5.32 Å². The number of nitrogens with zero attached hydrogens (tertiary/aromatic N) is 2. The van der Waals surface area contributed by atoms with E-state index in [0.717, 1.165) is 16.8 Å². The number of amides is 1. The zero-order valence-electron chi connectivity index (χ0n) is 11.8. The molecule has 0 saturated heterocycles. The SMILES string of the molecule is O=C(N[C@@H]1c2ccccc2C[C@@H]1O)c1ccc2nccn2c1. The Morgan fingerprint density at radius 1 is 1.27 bits per heavy atom. The molecule has 110 valence electrons. The molecular weight excluding hydrogens is 278 g/mol. The van der Waals surface area contributed by atoms with Crippen molar-refractivity contribution in [3.05, 3.63) is 71.7 Å². The summed E-state index contributed by atoms with van der Waals surface area (Å²) in [6.07, 6.45) is 5.21. The van der Waals surface area contributed by atoms with Crippen molar-refractivity contribution in [1.29, 1.82) is 0 Å². The van der Waals surface area contributed by atoms with E-state index in [-0.39, 0.29) is 11.9 Å². The summed E-state index contributed by atoms with van der Waals surface area (Å²) in [5, 5.41) is 13.2. The number of imidazole rings is 1. The smallest absolute Gasteiger partial charge is 0.253 e. The third kappa shape index (κ3) is 2.07. The lowest BCUT2D eigenvalue weighted by Gasteiger charge is -2.18. The Kier molecular flexibility index (Phi) is 2.94. The molecule has 0 spiro atoms. The Balaban J connectivity index is 1.61. The van der Waals surface area contributed by atoms with E-state index in [1.807, 2.05) is 24.3 Å². The van der Waals surface area contributed by atoms with Crippen molar-refractivity contribution >= 4 is 11.6 Å². The lowest BCUT2D eigenvalue weighted by Crippen LogP contribution is -2.33. The molecule has 5 heteroatoms. The molecule has 0 saturated carbocycles. The number of hydrogen-bond donors (Lipinski definition) is 2. The van der Waals surface area contributed by atoms with Crippen LogP contribution in [0, 0.1) is 0 Å². The van der Waals surface area contributed by atoms with Crippen molar-refractivity contribution in [1.82, 2.24) is 14.7 Å². The Morgan fingerprint density at radius 2 is 2.14 bits per heavy atom. The fraction of sp³-hybridized carbons (Fsp3) is 0.176. The summed E-state index contributed by atoms with van der Waals surface area (Å²) >= 11 is 0. The van der Waals surface area contributed by atoms with Gasteiger partial charge in [-0.3, -0.25) is 4.79 Å². The van der Waals surface area contributed by atoms with Crippen LogP contribution in [-0.2, 0) is 6.42 Å². The van der Waals surface area contributed by atoms with Gasteiger partial charge in [-0.25, -0.2) is 4.98 Å². The second kappa shape index (κ2) is 4.96. The summed E-state index contributed by atoms with van der Waals surface area (Å²) in [5.41, 5.74) is 3.42. The van der Waals surface area contributed by atoms with Crippen molar-refractivity contribution in [3.63, 3.8) is 0 Å². The molecule has 1 amide bonds. The van der Waals surface area contributed by atoms with E-state index in [0.29, 0.717) is 12.0 Å². The van der Waals surface area contributed by atoms with Gasteiger partial charge >= 0.3 is 0 Å². The van der Waals surface area contributed by atoms with Gasteiger partial charge in [-0.15, -0.1) is 0 Å². The predicted molar refractivity (Wildman–Crippen MR) is 81.6 cm³/mol. The number of carbonyl (C=O) groups excluding carboxylic acids is 1. The standard InChI is InChI=1S/C17H15N3O2/c21-14-9-11-3-1-2-4-13(11)16(14)19-17(22)12-5-6-15-18-7-8-20(15)10-12/h1-8,10,14,16,21H,9H2,(H,19,22)/t14-,16+/m0/s1. The van der Waals surface area contributed by atoms with Gasteiger partial charge in [-0.2, -0.15) is 0 Å². The van der Waals surface area contributed by atoms with Gasteiger partial charge in [0.2, 0.25) is 0 Å². The minimum Gasteiger partial charge on any atom is -0.390 e. The van der Waals surface area contributed by atoms with Gasteiger partial charge in [-0.05, 0) is 23.3 Å². The number of fused-ring (bicyclic) bond motifs is 2. The Morgan fingerprint density at radius 3 is 3.05 bits per heavy atom. The number of rotatable bonds is 2. The van der Waals surface area contributed by atoms with E-state index in [1.54, 1.807) is 35.1 Å². The minimum atomic E-state index is -0.585. The quantitative estimate of drug-likeness (QED) is 0.756. The summed E-state index contributed by atoms with van der Waals surface area (Å²) in [6.45, 7) is 0. The molecular formula is C17H15N3O2. The topological polar surface area (TPSA) is 66.6 Å². The van der Waals surface area contributed by atoms with Crippen LogP contribution in [0.4, 0.5) is 0 Å². The van der Waals surface area contributed by atoms with Crippen LogP contribution in [-0.4, -0.2) is 26.5 Å². The zero-order valence-corrected chi connectivity index (χ0v) is 11.8. The maximum atomic E-state index is 12.5. The minimum absolute atomic E-state index is 0.198.